The van der Waals surface area contributed by atoms with Crippen molar-refractivity contribution < 1.29 is 0 Å². The Kier molecular flexibility index (Phi) is 6.98. The van der Waals surface area contributed by atoms with Gasteiger partial charge in [-0.1, -0.05) is 146 Å². The van der Waals surface area contributed by atoms with Crippen molar-refractivity contribution in [2.45, 2.75) is 0 Å². The first kappa shape index (κ1) is 36.0. The number of aromatic nitrogens is 6. The molecule has 0 unspecified atom stereocenters. The molecule has 10 aromatic carbocycles. The molecular formula is C62H36N6. The van der Waals surface area contributed by atoms with Crippen LogP contribution in [0.2, 0.25) is 0 Å². The number of para-hydroxylation sites is 6. The Morgan fingerprint density at radius 1 is 0.279 bits per heavy atom. The van der Waals surface area contributed by atoms with E-state index in [0.717, 1.165) is 77.8 Å². The zero-order valence-electron chi connectivity index (χ0n) is 36.5. The molecule has 0 N–H and O–H groups in total. The van der Waals surface area contributed by atoms with Crippen LogP contribution in [0.1, 0.15) is 0 Å². The number of hydrogen-bond donors (Lipinski definition) is 0. The molecule has 1 aliphatic carbocycles. The van der Waals surface area contributed by atoms with Crippen LogP contribution in [0.5, 0.6) is 0 Å². The van der Waals surface area contributed by atoms with Gasteiger partial charge >= 0.3 is 0 Å². The summed E-state index contributed by atoms with van der Waals surface area (Å²) in [4.78, 5) is 11.5. The minimum Gasteiger partial charge on any atom is -0.309 e. The van der Waals surface area contributed by atoms with E-state index in [1.165, 1.54) is 59.8 Å². The molecule has 314 valence electrons. The van der Waals surface area contributed by atoms with Crippen LogP contribution in [0.25, 0.3) is 144 Å². The van der Waals surface area contributed by atoms with Gasteiger partial charge in [-0.25, -0.2) is 4.98 Å². The molecular weight excluding hydrogens is 829 g/mol. The van der Waals surface area contributed by atoms with Crippen molar-refractivity contribution in [3.8, 4) is 45.5 Å². The molecule has 6 heteroatoms. The third kappa shape index (κ3) is 4.65. The second kappa shape index (κ2) is 13.2. The second-order valence-corrected chi connectivity index (χ2v) is 18.1. The molecule has 5 heterocycles. The summed E-state index contributed by atoms with van der Waals surface area (Å²) in [5, 5.41) is 12.0. The summed E-state index contributed by atoms with van der Waals surface area (Å²) in [6.45, 7) is 0. The summed E-state index contributed by atoms with van der Waals surface area (Å²) in [5.74, 6) is 1.49. The molecule has 0 atom stereocenters. The third-order valence-corrected chi connectivity index (χ3v) is 14.7. The molecule has 16 rings (SSSR count). The fourth-order valence-corrected chi connectivity index (χ4v) is 11.9. The quantitative estimate of drug-likeness (QED) is 0.177. The monoisotopic (exact) mass is 864 g/mol. The molecule has 68 heavy (non-hydrogen) atoms. The number of benzene rings is 10. The number of fused-ring (bicyclic) bond motifs is 15. The summed E-state index contributed by atoms with van der Waals surface area (Å²) in [6.07, 6.45) is 0. The van der Waals surface area contributed by atoms with E-state index < -0.39 is 0 Å². The maximum absolute atomic E-state index is 5.81. The second-order valence-electron chi connectivity index (χ2n) is 18.1. The van der Waals surface area contributed by atoms with E-state index in [0.29, 0.717) is 5.95 Å². The Labute approximate surface area is 388 Å². The van der Waals surface area contributed by atoms with Crippen LogP contribution in [0.4, 0.5) is 0 Å². The van der Waals surface area contributed by atoms with E-state index in [1.807, 2.05) is 0 Å². The first-order chi connectivity index (χ1) is 33.8. The van der Waals surface area contributed by atoms with Crippen LogP contribution in [0.15, 0.2) is 218 Å². The molecule has 0 radical (unpaired) electrons. The van der Waals surface area contributed by atoms with E-state index in [4.69, 9.17) is 9.97 Å². The molecule has 6 nitrogen and oxygen atoms in total. The number of hydrogen-bond acceptors (Lipinski definition) is 2. The smallest absolute Gasteiger partial charge is 0.237 e. The molecule has 0 saturated heterocycles. The van der Waals surface area contributed by atoms with Crippen LogP contribution in [-0.2, 0) is 0 Å². The van der Waals surface area contributed by atoms with Gasteiger partial charge in [0.15, 0.2) is 5.82 Å². The first-order valence-electron chi connectivity index (χ1n) is 23.3. The van der Waals surface area contributed by atoms with Crippen molar-refractivity contribution in [2.75, 3.05) is 0 Å². The molecule has 0 spiro atoms. The highest BCUT2D eigenvalue weighted by atomic mass is 15.2. The van der Waals surface area contributed by atoms with Gasteiger partial charge in [0.1, 0.15) is 0 Å². The van der Waals surface area contributed by atoms with E-state index in [2.05, 4.69) is 237 Å². The molecule has 15 aromatic rings. The molecule has 0 aliphatic heterocycles. The van der Waals surface area contributed by atoms with Crippen molar-refractivity contribution in [3.63, 3.8) is 0 Å². The van der Waals surface area contributed by atoms with E-state index in [-0.39, 0.29) is 0 Å². The standard InChI is InChI=1S/C62H36N6/c1-7-25-50-40(17-1)41-18-2-8-26-51(41)65(50)38-31-33-56-48(35-38)44-21-5-11-29-54(44)67(56)61-59-46-23-13-15-37-16-14-24-47(58(37)46)60(59)63-62(64-61)68-55-30-12-6-22-45(55)49-36-39(32-34-57(49)68)66-52-27-9-3-19-42(52)43-20-4-10-28-53(43)66/h1-36H. The van der Waals surface area contributed by atoms with Gasteiger partial charge < -0.3 is 9.13 Å². The van der Waals surface area contributed by atoms with Crippen molar-refractivity contribution in [3.05, 3.63) is 218 Å². The van der Waals surface area contributed by atoms with Crippen LogP contribution < -0.4 is 0 Å². The lowest BCUT2D eigenvalue weighted by Gasteiger charge is -2.16. The average molecular weight is 865 g/mol. The molecule has 0 saturated carbocycles. The van der Waals surface area contributed by atoms with E-state index >= 15 is 0 Å². The zero-order chi connectivity index (χ0) is 44.2. The third-order valence-electron chi connectivity index (χ3n) is 14.7. The average Bonchev–Trinajstić information content (AvgIpc) is 4.19. The lowest BCUT2D eigenvalue weighted by atomic mass is 10.0. The molecule has 1 aliphatic rings. The lowest BCUT2D eigenvalue weighted by molar-refractivity contribution is 0.956. The topological polar surface area (TPSA) is 45.5 Å². The highest BCUT2D eigenvalue weighted by Gasteiger charge is 2.31. The van der Waals surface area contributed by atoms with Crippen LogP contribution in [0.3, 0.4) is 0 Å². The van der Waals surface area contributed by atoms with Gasteiger partial charge in [-0.15, -0.1) is 0 Å². The molecule has 5 aromatic heterocycles. The van der Waals surface area contributed by atoms with Gasteiger partial charge in [-0.3, -0.25) is 9.13 Å². The zero-order valence-corrected chi connectivity index (χ0v) is 36.5. The molecule has 0 amide bonds. The van der Waals surface area contributed by atoms with Gasteiger partial charge in [0.2, 0.25) is 5.95 Å². The van der Waals surface area contributed by atoms with Crippen LogP contribution in [0, 0.1) is 0 Å². The number of nitrogens with zero attached hydrogens (tertiary/aromatic N) is 6. The first-order valence-corrected chi connectivity index (χ1v) is 23.3. The number of rotatable bonds is 4. The van der Waals surface area contributed by atoms with Crippen molar-refractivity contribution in [1.82, 2.24) is 28.2 Å². The molecule has 0 fully saturated rings. The van der Waals surface area contributed by atoms with Crippen molar-refractivity contribution in [2.24, 2.45) is 0 Å². The highest BCUT2D eigenvalue weighted by molar-refractivity contribution is 6.18. The fraction of sp³-hybridized carbons (Fsp3) is 0. The maximum atomic E-state index is 5.81. The largest absolute Gasteiger partial charge is 0.309 e. The van der Waals surface area contributed by atoms with Crippen LogP contribution in [-0.4, -0.2) is 28.2 Å². The Bertz CT molecular complexity index is 4580. The summed E-state index contributed by atoms with van der Waals surface area (Å²) >= 11 is 0. The highest BCUT2D eigenvalue weighted by Crippen LogP contribution is 2.50. The summed E-state index contributed by atoms with van der Waals surface area (Å²) in [6, 6.07) is 79.4. The minimum absolute atomic E-state index is 0.632. The van der Waals surface area contributed by atoms with Gasteiger partial charge in [0.05, 0.1) is 55.4 Å². The molecule has 0 bridgehead atoms. The van der Waals surface area contributed by atoms with Gasteiger partial charge in [-0.05, 0) is 89.1 Å². The van der Waals surface area contributed by atoms with Gasteiger partial charge in [0.25, 0.3) is 0 Å². The van der Waals surface area contributed by atoms with Gasteiger partial charge in [-0.2, -0.15) is 4.98 Å². The summed E-state index contributed by atoms with van der Waals surface area (Å²) < 4.78 is 9.47. The summed E-state index contributed by atoms with van der Waals surface area (Å²) in [5.41, 5.74) is 15.5. The SMILES string of the molecule is c1cc2c3c(cccc3c1)-c1c-2nc(-n2c3ccccc3c3cc(-n4c5ccccc5c5ccccc54)ccc32)nc1-n1c2ccccc2c2cc(-n3c4ccccc4c4ccccc43)ccc21. The Balaban J connectivity index is 0.982. The lowest BCUT2D eigenvalue weighted by Crippen LogP contribution is -2.09. The Morgan fingerprint density at radius 3 is 1.15 bits per heavy atom. The van der Waals surface area contributed by atoms with E-state index in [9.17, 15) is 0 Å². The predicted molar refractivity (Wildman–Crippen MR) is 281 cm³/mol. The Hall–Kier alpha value is -9.26. The van der Waals surface area contributed by atoms with E-state index in [1.54, 1.807) is 0 Å². The van der Waals surface area contributed by atoms with Gasteiger partial charge in [0, 0.05) is 60.0 Å². The Morgan fingerprint density at radius 2 is 0.662 bits per heavy atom. The fourth-order valence-electron chi connectivity index (χ4n) is 11.9. The maximum Gasteiger partial charge on any atom is 0.237 e. The minimum atomic E-state index is 0.632. The normalized spacial score (nSPS) is 12.4. The van der Waals surface area contributed by atoms with Crippen molar-refractivity contribution in [1.29, 1.82) is 0 Å². The van der Waals surface area contributed by atoms with Crippen LogP contribution >= 0.6 is 0 Å². The predicted octanol–water partition coefficient (Wildman–Crippen LogP) is 15.7. The van der Waals surface area contributed by atoms with Crippen molar-refractivity contribution >= 4 is 98.0 Å². The summed E-state index contributed by atoms with van der Waals surface area (Å²) in [7, 11) is 0.